The predicted octanol–water partition coefficient (Wildman–Crippen LogP) is 18.4. The van der Waals surface area contributed by atoms with E-state index in [9.17, 15) is 9.59 Å². The first-order valence-corrected chi connectivity index (χ1v) is 41.4. The summed E-state index contributed by atoms with van der Waals surface area (Å²) in [6, 6.07) is 53.4. The fourth-order valence-corrected chi connectivity index (χ4v) is 17.7. The van der Waals surface area contributed by atoms with Gasteiger partial charge in [0, 0.05) is 83.6 Å². The van der Waals surface area contributed by atoms with Crippen molar-refractivity contribution in [2.75, 3.05) is 90.0 Å². The summed E-state index contributed by atoms with van der Waals surface area (Å²) in [6.45, 7) is 39.1. The number of amides is 2. The van der Waals surface area contributed by atoms with Crippen LogP contribution in [0.3, 0.4) is 0 Å². The summed E-state index contributed by atoms with van der Waals surface area (Å²) in [4.78, 5) is 34.9. The van der Waals surface area contributed by atoms with E-state index in [1.165, 1.54) is 90.5 Å². The van der Waals surface area contributed by atoms with E-state index in [1.807, 2.05) is 77.1 Å². The van der Waals surface area contributed by atoms with Crippen molar-refractivity contribution in [1.29, 1.82) is 0 Å². The lowest BCUT2D eigenvalue weighted by Gasteiger charge is -2.31. The Morgan fingerprint density at radius 2 is 0.891 bits per heavy atom. The molecule has 2 amide bonds. The molecule has 7 atom stereocenters. The van der Waals surface area contributed by atoms with E-state index in [-0.39, 0.29) is 36.3 Å². The number of cyclic esters (lactones) is 2. The Morgan fingerprint density at radius 3 is 1.21 bits per heavy atom. The van der Waals surface area contributed by atoms with Gasteiger partial charge in [-0.05, 0) is 201 Å². The highest BCUT2D eigenvalue weighted by molar-refractivity contribution is 8.20. The Labute approximate surface area is 628 Å². The van der Waals surface area contributed by atoms with Crippen molar-refractivity contribution in [3.63, 3.8) is 0 Å². The fourth-order valence-electron chi connectivity index (χ4n) is 12.9. The molecule has 5 aromatic carbocycles. The van der Waals surface area contributed by atoms with Gasteiger partial charge in [-0.3, -0.25) is 9.80 Å². The van der Waals surface area contributed by atoms with Gasteiger partial charge in [0.1, 0.15) is 12.2 Å². The molecule has 9 aliphatic rings. The maximum Gasteiger partial charge on any atom is 0.410 e. The minimum atomic E-state index is -0.334. The minimum absolute atomic E-state index is 0.0196. The number of hydrogen-bond donors (Lipinski definition) is 0. The maximum absolute atomic E-state index is 11.3. The zero-order valence-corrected chi connectivity index (χ0v) is 67.7. The van der Waals surface area contributed by atoms with Crippen molar-refractivity contribution in [1.82, 2.24) is 29.4 Å². The van der Waals surface area contributed by atoms with Gasteiger partial charge in [-0.15, -0.1) is 47.0 Å². The lowest BCUT2D eigenvalue weighted by molar-refractivity contribution is -0.136. The van der Waals surface area contributed by atoms with Crippen LogP contribution in [0.2, 0.25) is 0 Å². The number of carbonyl (C=O) groups excluding carboxylic acids is 2. The smallest absolute Gasteiger partial charge is 0.410 e. The summed E-state index contributed by atoms with van der Waals surface area (Å²) in [5.41, 5.74) is 7.36. The quantitative estimate of drug-likeness (QED) is 0.118. The van der Waals surface area contributed by atoms with Crippen LogP contribution in [-0.2, 0) is 61.3 Å². The first-order chi connectivity index (χ1) is 48.2. The maximum atomic E-state index is 11.3. The standard InChI is InChI=1S/C19H23NO.C13H19NO.C13H19N.C11H13NO2.C7H15N.C6H12O2.C5H9NO2.C5H10S2.C4H8S2/c1-16-12-19(21-15-18-10-6-3-7-11-18)14-20(16)13-17-8-4-2-5-9-17;1-11-8-13(9-14(11)2)15-10-12-6-4-3-5-7-12;1-13(2)9-6-10-14(13)11-12-7-4-3-5-8-12;1-9-7-12(11(13)14-9)8-10-5-3-2-4-6-10;1-7(2)5-4-6-8(7)3;1-5-4-7-6(2,3)8-5;1-4-3-6(2)5(7)8-4;1-5-6-3-2-4-7-5;1-4-5-2-3-6-4/h2-11,16,19H,12-15H2,1H3;3-7,11,13H,8-10H2,1-2H3;3-5,7-8H,6,9-11H2,1-2H3;2-6,9H,7-8H2,1H3;4-6H2,1-3H3;5H,4H2,1-3H3;4H,3H2,1-2H3;5H,2-4H2,1H3;4H,2-3H2,1H3. The Balaban J connectivity index is 0.000000184. The van der Waals surface area contributed by atoms with Gasteiger partial charge >= 0.3 is 12.2 Å². The molecule has 9 saturated heterocycles. The van der Waals surface area contributed by atoms with Crippen molar-refractivity contribution >= 4 is 59.2 Å². The second-order valence-electron chi connectivity index (χ2n) is 29.8. The van der Waals surface area contributed by atoms with E-state index in [1.54, 1.807) is 16.8 Å². The van der Waals surface area contributed by atoms with Crippen LogP contribution in [0.15, 0.2) is 152 Å². The van der Waals surface area contributed by atoms with E-state index in [2.05, 4.69) is 245 Å². The summed E-state index contributed by atoms with van der Waals surface area (Å²) < 4.78 is 34.1. The molecule has 18 heteroatoms. The molecule has 9 heterocycles. The third kappa shape index (κ3) is 33.8. The summed E-state index contributed by atoms with van der Waals surface area (Å²) in [7, 11) is 6.09. The molecule has 14 nitrogen and oxygen atoms in total. The highest BCUT2D eigenvalue weighted by atomic mass is 32.2. The molecule has 0 aromatic heterocycles. The van der Waals surface area contributed by atoms with Crippen LogP contribution < -0.4 is 0 Å². The average Bonchev–Trinajstić information content (AvgIpc) is 1.72. The third-order valence-electron chi connectivity index (χ3n) is 19.3. The number of benzene rings is 5. The van der Waals surface area contributed by atoms with Crippen LogP contribution in [0.25, 0.3) is 0 Å². The van der Waals surface area contributed by atoms with Crippen molar-refractivity contribution < 1.29 is 38.0 Å². The van der Waals surface area contributed by atoms with E-state index >= 15 is 0 Å². The largest absolute Gasteiger partial charge is 0.445 e. The Kier molecular flexibility index (Phi) is 38.4. The third-order valence-corrected chi connectivity index (χ3v) is 25.0. The Bertz CT molecular complexity index is 3000. The second-order valence-corrected chi connectivity index (χ2v) is 36.2. The van der Waals surface area contributed by atoms with Crippen LogP contribution in [0.4, 0.5) is 9.59 Å². The molecule has 14 rings (SSSR count). The first kappa shape index (κ1) is 85.6. The van der Waals surface area contributed by atoms with Crippen LogP contribution in [0.5, 0.6) is 0 Å². The molecule has 101 heavy (non-hydrogen) atoms. The molecule has 7 unspecified atom stereocenters. The van der Waals surface area contributed by atoms with E-state index < -0.39 is 0 Å². The zero-order valence-electron chi connectivity index (χ0n) is 64.5. The highest BCUT2D eigenvalue weighted by Gasteiger charge is 2.34. The second kappa shape index (κ2) is 45.3. The van der Waals surface area contributed by atoms with E-state index in [0.717, 1.165) is 80.1 Å². The lowest BCUT2D eigenvalue weighted by atomic mass is 10.0. The number of rotatable bonds is 12. The molecule has 9 fully saturated rings. The van der Waals surface area contributed by atoms with Gasteiger partial charge in [-0.25, -0.2) is 9.59 Å². The van der Waals surface area contributed by atoms with Gasteiger partial charge in [-0.2, -0.15) is 0 Å². The van der Waals surface area contributed by atoms with Gasteiger partial charge in [0.25, 0.3) is 0 Å². The summed E-state index contributed by atoms with van der Waals surface area (Å²) in [5.74, 6) is 5.17. The number of likely N-dealkylation sites (tertiary alicyclic amines) is 4. The zero-order chi connectivity index (χ0) is 73.2. The molecule has 0 bridgehead atoms. The van der Waals surface area contributed by atoms with Crippen LogP contribution in [-0.4, -0.2) is 200 Å². The molecule has 5 aromatic rings. The highest BCUT2D eigenvalue weighted by Crippen LogP contribution is 2.32. The van der Waals surface area contributed by atoms with Crippen LogP contribution >= 0.6 is 47.0 Å². The molecule has 9 aliphatic heterocycles. The molecular weight excluding hydrogens is 1340 g/mol. The van der Waals surface area contributed by atoms with Gasteiger partial charge in [-0.1, -0.05) is 152 Å². The number of likely N-dealkylation sites (N-methyl/N-ethyl adjacent to an activating group) is 2. The van der Waals surface area contributed by atoms with Crippen molar-refractivity contribution in [3.05, 3.63) is 179 Å². The van der Waals surface area contributed by atoms with E-state index in [0.29, 0.717) is 48.5 Å². The molecule has 0 radical (unpaired) electrons. The molecule has 562 valence electrons. The van der Waals surface area contributed by atoms with Crippen molar-refractivity contribution in [2.45, 2.75) is 236 Å². The molecule has 0 N–H and O–H groups in total. The first-order valence-electron chi connectivity index (χ1n) is 37.2. The topological polar surface area (TPSA) is 109 Å². The van der Waals surface area contributed by atoms with Crippen LogP contribution in [0, 0.1) is 0 Å². The van der Waals surface area contributed by atoms with Gasteiger partial charge in [0.2, 0.25) is 0 Å². The van der Waals surface area contributed by atoms with Crippen molar-refractivity contribution in [2.24, 2.45) is 0 Å². The summed E-state index contributed by atoms with van der Waals surface area (Å²) in [5, 5.41) is 0. The van der Waals surface area contributed by atoms with Crippen molar-refractivity contribution in [3.8, 4) is 0 Å². The molecular formula is C83H128N6O8S4. The molecule has 0 spiro atoms. The predicted molar refractivity (Wildman–Crippen MR) is 429 cm³/mol. The normalized spacial score (nSPS) is 25.2. The minimum Gasteiger partial charge on any atom is -0.445 e. The van der Waals surface area contributed by atoms with Gasteiger partial charge < -0.3 is 48.0 Å². The number of carbonyl (C=O) groups is 2. The number of ether oxygens (including phenoxy) is 6. The Morgan fingerprint density at radius 1 is 0.455 bits per heavy atom. The lowest BCUT2D eigenvalue weighted by Crippen LogP contribution is -2.37. The number of hydrogen-bond acceptors (Lipinski definition) is 16. The Hall–Kier alpha value is -4.28. The molecule has 0 aliphatic carbocycles. The number of thioether (sulfide) groups is 4. The summed E-state index contributed by atoms with van der Waals surface area (Å²) >= 11 is 8.28. The number of nitrogens with zero attached hydrogens (tertiary/aromatic N) is 6. The average molecular weight is 1470 g/mol. The summed E-state index contributed by atoms with van der Waals surface area (Å²) in [6.07, 6.45) is 9.83. The van der Waals surface area contributed by atoms with E-state index in [4.69, 9.17) is 28.4 Å². The molecule has 0 saturated carbocycles. The fraction of sp³-hybridized carbons (Fsp3) is 0.614. The SMILES string of the molecule is CC1(C)CCCN1Cc1ccccc1.CC1CC(OCc2ccccc2)CN1C.CC1CC(OCc2ccccc2)CN1Cc1ccccc1.CC1CN(C)C(=O)O1.CC1CN(Cc2ccccc2)C(=O)O1.CC1COC(C)(C)O1.CC1SCCCS1.CC1SCCS1.CN1CCCC1(C)C. The monoisotopic (exact) mass is 1460 g/mol. The van der Waals surface area contributed by atoms with Gasteiger partial charge in [0.05, 0.1) is 51.2 Å². The van der Waals surface area contributed by atoms with Gasteiger partial charge in [0.15, 0.2) is 5.79 Å². The van der Waals surface area contributed by atoms with Crippen LogP contribution in [0.1, 0.15) is 163 Å².